The first kappa shape index (κ1) is 21.0. The van der Waals surface area contributed by atoms with Gasteiger partial charge in [-0.15, -0.1) is 0 Å². The molecule has 0 aliphatic carbocycles. The molecule has 2 aromatic rings. The normalized spacial score (nSPS) is 15.9. The fourth-order valence-corrected chi connectivity index (χ4v) is 3.74. The Kier molecular flexibility index (Phi) is 6.35. The first-order valence-electron chi connectivity index (χ1n) is 9.69. The Hall–Kier alpha value is -2.70. The molecule has 156 valence electrons. The van der Waals surface area contributed by atoms with Crippen molar-refractivity contribution >= 4 is 11.6 Å². The van der Waals surface area contributed by atoms with E-state index in [2.05, 4.69) is 0 Å². The molecule has 0 spiro atoms. The Morgan fingerprint density at radius 1 is 1.07 bits per heavy atom. The minimum atomic E-state index is -4.41. The molecule has 1 aliphatic rings. The summed E-state index contributed by atoms with van der Waals surface area (Å²) in [5, 5.41) is 0. The van der Waals surface area contributed by atoms with E-state index < -0.39 is 11.7 Å². The number of rotatable bonds is 5. The van der Waals surface area contributed by atoms with Gasteiger partial charge in [0.2, 0.25) is 5.91 Å². The molecule has 0 aromatic heterocycles. The number of methoxy groups -OCH3 is 1. The van der Waals surface area contributed by atoms with Crippen LogP contribution in [0, 0.1) is 0 Å². The second kappa shape index (κ2) is 8.76. The highest BCUT2D eigenvalue weighted by Gasteiger charge is 2.33. The number of ether oxygens (including phenoxy) is 1. The lowest BCUT2D eigenvalue weighted by molar-refractivity contribution is -0.137. The summed E-state index contributed by atoms with van der Waals surface area (Å²) in [4.78, 5) is 16.7. The predicted molar refractivity (Wildman–Crippen MR) is 106 cm³/mol. The van der Waals surface area contributed by atoms with Gasteiger partial charge in [-0.05, 0) is 30.2 Å². The van der Waals surface area contributed by atoms with E-state index in [4.69, 9.17) is 4.74 Å². The Labute approximate surface area is 168 Å². The number of hydrogen-bond donors (Lipinski definition) is 0. The number of carbonyl (C=O) groups excluding carboxylic acids is 1. The van der Waals surface area contributed by atoms with Crippen LogP contribution < -0.4 is 9.64 Å². The van der Waals surface area contributed by atoms with E-state index in [1.54, 1.807) is 4.90 Å². The predicted octanol–water partition coefficient (Wildman–Crippen LogP) is 4.56. The van der Waals surface area contributed by atoms with Crippen LogP contribution in [0.3, 0.4) is 0 Å². The summed E-state index contributed by atoms with van der Waals surface area (Å²) in [6.45, 7) is 3.81. The highest BCUT2D eigenvalue weighted by Crippen LogP contribution is 2.37. The molecule has 1 atom stereocenters. The molecular weight excluding hydrogens is 381 g/mol. The number of anilines is 1. The standard InChI is InChI=1S/C22H25F3N2O2/c1-3-18(16-7-5-4-6-8-16)21(28)27-13-11-26(12-14-27)19-15-17(22(23,24)25)9-10-20(19)29-2/h4-10,15,18H,3,11-14H2,1-2H3. The number of nitrogens with zero attached hydrogens (tertiary/aromatic N) is 2. The van der Waals surface area contributed by atoms with Gasteiger partial charge in [0.15, 0.2) is 0 Å². The SMILES string of the molecule is CCC(C(=O)N1CCN(c2cc(C(F)(F)F)ccc2OC)CC1)c1ccccc1. The topological polar surface area (TPSA) is 32.8 Å². The molecule has 3 rings (SSSR count). The lowest BCUT2D eigenvalue weighted by atomic mass is 9.94. The summed E-state index contributed by atoms with van der Waals surface area (Å²) in [6, 6.07) is 13.2. The number of alkyl halides is 3. The number of halogens is 3. The van der Waals surface area contributed by atoms with Gasteiger partial charge in [-0.1, -0.05) is 37.3 Å². The van der Waals surface area contributed by atoms with Gasteiger partial charge < -0.3 is 14.5 Å². The Balaban J connectivity index is 1.73. The van der Waals surface area contributed by atoms with Gasteiger partial charge in [-0.25, -0.2) is 0 Å². The maximum absolute atomic E-state index is 13.1. The number of hydrogen-bond acceptors (Lipinski definition) is 3. The van der Waals surface area contributed by atoms with E-state index in [0.29, 0.717) is 44.0 Å². The zero-order valence-corrected chi connectivity index (χ0v) is 16.6. The highest BCUT2D eigenvalue weighted by atomic mass is 19.4. The lowest BCUT2D eigenvalue weighted by Crippen LogP contribution is -2.50. The summed E-state index contributed by atoms with van der Waals surface area (Å²) in [6.07, 6.45) is -3.71. The van der Waals surface area contributed by atoms with Gasteiger partial charge in [-0.2, -0.15) is 13.2 Å². The molecule has 1 amide bonds. The molecule has 0 bridgehead atoms. The largest absolute Gasteiger partial charge is 0.495 e. The van der Waals surface area contributed by atoms with Crippen molar-refractivity contribution in [3.63, 3.8) is 0 Å². The third-order valence-corrected chi connectivity index (χ3v) is 5.35. The minimum Gasteiger partial charge on any atom is -0.495 e. The molecule has 1 fully saturated rings. The number of carbonyl (C=O) groups is 1. The molecule has 1 saturated heterocycles. The molecule has 29 heavy (non-hydrogen) atoms. The quantitative estimate of drug-likeness (QED) is 0.730. The molecule has 4 nitrogen and oxygen atoms in total. The van der Waals surface area contributed by atoms with Gasteiger partial charge in [-0.3, -0.25) is 4.79 Å². The van der Waals surface area contributed by atoms with Crippen LogP contribution in [0.2, 0.25) is 0 Å². The van der Waals surface area contributed by atoms with Crippen LogP contribution in [0.5, 0.6) is 5.75 Å². The molecule has 7 heteroatoms. The fourth-order valence-electron chi connectivity index (χ4n) is 3.74. The third kappa shape index (κ3) is 4.66. The average molecular weight is 406 g/mol. The Bertz CT molecular complexity index is 832. The van der Waals surface area contributed by atoms with Gasteiger partial charge in [0.25, 0.3) is 0 Å². The van der Waals surface area contributed by atoms with Crippen LogP contribution >= 0.6 is 0 Å². The van der Waals surface area contributed by atoms with Crippen LogP contribution in [0.15, 0.2) is 48.5 Å². The van der Waals surface area contributed by atoms with E-state index in [9.17, 15) is 18.0 Å². The van der Waals surface area contributed by atoms with Crippen molar-refractivity contribution in [2.75, 3.05) is 38.2 Å². The molecule has 0 radical (unpaired) electrons. The Morgan fingerprint density at radius 3 is 2.28 bits per heavy atom. The summed E-state index contributed by atoms with van der Waals surface area (Å²) in [5.74, 6) is 0.258. The molecule has 1 heterocycles. The van der Waals surface area contributed by atoms with E-state index in [-0.39, 0.29) is 11.8 Å². The highest BCUT2D eigenvalue weighted by molar-refractivity contribution is 5.84. The summed E-state index contributed by atoms with van der Waals surface area (Å²) in [5.41, 5.74) is 0.688. The van der Waals surface area contributed by atoms with Crippen LogP contribution in [-0.2, 0) is 11.0 Å². The molecule has 1 aliphatic heterocycles. The Morgan fingerprint density at radius 2 is 1.72 bits per heavy atom. The fraction of sp³-hybridized carbons (Fsp3) is 0.409. The number of amides is 1. The van der Waals surface area contributed by atoms with Gasteiger partial charge in [0.05, 0.1) is 24.3 Å². The molecule has 0 saturated carbocycles. The third-order valence-electron chi connectivity index (χ3n) is 5.35. The monoisotopic (exact) mass is 406 g/mol. The van der Waals surface area contributed by atoms with Crippen LogP contribution in [0.25, 0.3) is 0 Å². The zero-order valence-electron chi connectivity index (χ0n) is 16.6. The van der Waals surface area contributed by atoms with E-state index in [1.807, 2.05) is 42.2 Å². The second-order valence-electron chi connectivity index (χ2n) is 7.07. The van der Waals surface area contributed by atoms with Gasteiger partial charge >= 0.3 is 6.18 Å². The maximum atomic E-state index is 13.1. The van der Waals surface area contributed by atoms with Crippen molar-refractivity contribution in [1.29, 1.82) is 0 Å². The number of piperazine rings is 1. The van der Waals surface area contributed by atoms with Gasteiger partial charge in [0, 0.05) is 26.2 Å². The smallest absolute Gasteiger partial charge is 0.416 e. The summed E-state index contributed by atoms with van der Waals surface area (Å²) in [7, 11) is 1.44. The summed E-state index contributed by atoms with van der Waals surface area (Å²) < 4.78 is 44.6. The van der Waals surface area contributed by atoms with Crippen molar-refractivity contribution in [3.8, 4) is 5.75 Å². The van der Waals surface area contributed by atoms with Crippen LogP contribution in [0.4, 0.5) is 18.9 Å². The van der Waals surface area contributed by atoms with E-state index in [1.165, 1.54) is 13.2 Å². The van der Waals surface area contributed by atoms with Crippen molar-refractivity contribution < 1.29 is 22.7 Å². The van der Waals surface area contributed by atoms with Crippen LogP contribution in [-0.4, -0.2) is 44.1 Å². The maximum Gasteiger partial charge on any atom is 0.416 e. The van der Waals surface area contributed by atoms with Crippen molar-refractivity contribution in [1.82, 2.24) is 4.90 Å². The van der Waals surface area contributed by atoms with E-state index in [0.717, 1.165) is 17.7 Å². The zero-order chi connectivity index (χ0) is 21.0. The lowest BCUT2D eigenvalue weighted by Gasteiger charge is -2.38. The molecular formula is C22H25F3N2O2. The van der Waals surface area contributed by atoms with E-state index >= 15 is 0 Å². The van der Waals surface area contributed by atoms with Gasteiger partial charge in [0.1, 0.15) is 5.75 Å². The van der Waals surface area contributed by atoms with Crippen molar-refractivity contribution in [2.24, 2.45) is 0 Å². The first-order valence-corrected chi connectivity index (χ1v) is 9.69. The second-order valence-corrected chi connectivity index (χ2v) is 7.07. The molecule has 1 unspecified atom stereocenters. The van der Waals surface area contributed by atoms with Crippen molar-refractivity contribution in [2.45, 2.75) is 25.4 Å². The minimum absolute atomic E-state index is 0.0642. The average Bonchev–Trinajstić information content (AvgIpc) is 2.74. The summed E-state index contributed by atoms with van der Waals surface area (Å²) >= 11 is 0. The molecule has 0 N–H and O–H groups in total. The van der Waals surface area contributed by atoms with Crippen molar-refractivity contribution in [3.05, 3.63) is 59.7 Å². The first-order chi connectivity index (χ1) is 13.8. The number of benzene rings is 2. The van der Waals surface area contributed by atoms with Crippen LogP contribution in [0.1, 0.15) is 30.4 Å². The molecule has 2 aromatic carbocycles.